The summed E-state index contributed by atoms with van der Waals surface area (Å²) in [5, 5.41) is 79.1. The maximum atomic E-state index is 13.6. The Morgan fingerprint density at radius 2 is 1.11 bits per heavy atom. The minimum atomic E-state index is -4.62. The molecule has 0 aromatic heterocycles. The van der Waals surface area contributed by atoms with Gasteiger partial charge in [0.2, 0.25) is 17.7 Å². The Hall–Kier alpha value is -2.46. The summed E-state index contributed by atoms with van der Waals surface area (Å²) in [7, 11) is -9.23. The van der Waals surface area contributed by atoms with Crippen molar-refractivity contribution < 1.29 is 122 Å². The lowest BCUT2D eigenvalue weighted by molar-refractivity contribution is -0.298. The summed E-state index contributed by atoms with van der Waals surface area (Å²) in [6.07, 6.45) is -19.6. The second-order valence-corrected chi connectivity index (χ2v) is 21.2. The normalized spacial score (nSPS) is 27.3. The lowest BCUT2D eigenvalue weighted by atomic mass is 9.97. The molecular weight excluding hydrogens is 1120 g/mol. The van der Waals surface area contributed by atoms with Gasteiger partial charge in [-0.1, -0.05) is 6.42 Å². The lowest BCUT2D eigenvalue weighted by Crippen LogP contribution is -2.60. The second kappa shape index (κ2) is 29.4. The molecule has 12 atom stereocenters. The SMILES string of the molecule is O=C(CCCCCN1C(=O)C(Br)=C(Br)C1=O)NCCOCCOCCC(=O)NC(CO[C@H]1OC(CCP(=O)(O)O)[C@@H](O)[C@H](O)C1O)C(=O)NC(COC1OC(CCP(=O)(O)O)C(O)C(O)C1O)C(=O)O. The summed E-state index contributed by atoms with van der Waals surface area (Å²) < 4.78 is 55.4. The van der Waals surface area contributed by atoms with E-state index >= 15 is 0 Å². The van der Waals surface area contributed by atoms with Gasteiger partial charge in [-0.3, -0.25) is 38.0 Å². The first-order chi connectivity index (χ1) is 32.7. The molecule has 2 saturated heterocycles. The molecule has 0 bridgehead atoms. The van der Waals surface area contributed by atoms with Gasteiger partial charge in [0.25, 0.3) is 11.8 Å². The molecule has 2 fully saturated rings. The second-order valence-electron chi connectivity index (χ2n) is 16.1. The standard InChI is InChI=1S/C37H60Br2N4O25P2/c38-24-25(39)34(54)43(33(24)53)9-3-1-2-4-22(44)40-8-11-64-13-12-63-10-5-23(45)41-18(16-65-36-30(50)28(48)26(46)20(67-36)6-14-69(57,58)59)32(52)42-19(35(55)56)17-66-37-31(51)29(49)27(47)21(68-37)7-15-70(60,61)62/h18-21,26-31,36-37,46-51H,1-17H2,(H,40,44)(H,41,45)(H,42,52)(H,55,56)(H2,57,58,59)(H2,60,61,62)/t18?,19?,20?,21?,26-,27?,28+,29?,30?,31?,36+,37?/m1/s1. The van der Waals surface area contributed by atoms with Gasteiger partial charge >= 0.3 is 21.2 Å². The number of nitrogens with one attached hydrogen (secondary N) is 3. The number of rotatable bonds is 31. The summed E-state index contributed by atoms with van der Waals surface area (Å²) in [5.74, 6) is -5.00. The molecule has 0 aliphatic carbocycles. The summed E-state index contributed by atoms with van der Waals surface area (Å²) in [6, 6.07) is -3.84. The topological polar surface area (TPSA) is 454 Å². The number of amides is 5. The van der Waals surface area contributed by atoms with E-state index in [1.165, 1.54) is 0 Å². The molecule has 0 spiro atoms. The molecule has 402 valence electrons. The number of aliphatic hydroxyl groups is 6. The number of unbranched alkanes of at least 4 members (excludes halogenated alkanes) is 2. The first-order valence-corrected chi connectivity index (χ1v) is 26.8. The maximum absolute atomic E-state index is 13.6. The first-order valence-electron chi connectivity index (χ1n) is 21.6. The summed E-state index contributed by atoms with van der Waals surface area (Å²) in [4.78, 5) is 113. The quantitative estimate of drug-likeness (QED) is 0.0176. The number of carboxylic acids is 1. The van der Waals surface area contributed by atoms with Gasteiger partial charge in [0, 0.05) is 25.9 Å². The van der Waals surface area contributed by atoms with Crippen molar-refractivity contribution in [2.75, 3.05) is 65.1 Å². The number of imide groups is 1. The number of carbonyl (C=O) groups excluding carboxylic acids is 5. The highest BCUT2D eigenvalue weighted by Crippen LogP contribution is 2.38. The van der Waals surface area contributed by atoms with Crippen molar-refractivity contribution in [1.82, 2.24) is 20.9 Å². The van der Waals surface area contributed by atoms with Crippen LogP contribution in [-0.2, 0) is 66.3 Å². The average molecular weight is 1180 g/mol. The zero-order chi connectivity index (χ0) is 52.5. The van der Waals surface area contributed by atoms with Crippen LogP contribution in [0.2, 0.25) is 0 Å². The molecule has 3 aliphatic heterocycles. The highest BCUT2D eigenvalue weighted by molar-refractivity contribution is 9.14. The highest BCUT2D eigenvalue weighted by atomic mass is 79.9. The van der Waals surface area contributed by atoms with Crippen molar-refractivity contribution in [2.45, 2.75) is 118 Å². The van der Waals surface area contributed by atoms with E-state index < -0.39 is 163 Å². The summed E-state index contributed by atoms with van der Waals surface area (Å²) in [5.41, 5.74) is 0. The van der Waals surface area contributed by atoms with Gasteiger partial charge in [0.1, 0.15) is 51.6 Å². The van der Waals surface area contributed by atoms with E-state index in [1.807, 2.05) is 0 Å². The highest BCUT2D eigenvalue weighted by Gasteiger charge is 2.47. The molecule has 3 rings (SSSR count). The number of hydrogen-bond acceptors (Lipinski definition) is 20. The van der Waals surface area contributed by atoms with Crippen LogP contribution in [0.15, 0.2) is 8.96 Å². The molecule has 0 aromatic carbocycles. The predicted molar refractivity (Wildman–Crippen MR) is 239 cm³/mol. The average Bonchev–Trinajstić information content (AvgIpc) is 3.46. The van der Waals surface area contributed by atoms with Crippen molar-refractivity contribution in [3.8, 4) is 0 Å². The van der Waals surface area contributed by atoms with Crippen molar-refractivity contribution in [1.29, 1.82) is 0 Å². The van der Waals surface area contributed by atoms with Crippen molar-refractivity contribution >= 4 is 82.6 Å². The van der Waals surface area contributed by atoms with Crippen molar-refractivity contribution in [3.05, 3.63) is 8.96 Å². The molecule has 70 heavy (non-hydrogen) atoms. The number of nitrogens with zero attached hydrogens (tertiary/aromatic N) is 1. The first kappa shape index (κ1) is 61.8. The Labute approximate surface area is 416 Å². The van der Waals surface area contributed by atoms with Crippen LogP contribution >= 0.6 is 47.1 Å². The molecule has 33 heteroatoms. The molecule has 0 aromatic rings. The number of hydrogen-bond donors (Lipinski definition) is 14. The Morgan fingerprint density at radius 3 is 1.60 bits per heavy atom. The van der Waals surface area contributed by atoms with E-state index in [4.69, 9.17) is 28.4 Å². The van der Waals surface area contributed by atoms with Gasteiger partial charge in [-0.25, -0.2) is 4.79 Å². The van der Waals surface area contributed by atoms with Gasteiger partial charge in [0.05, 0.1) is 64.2 Å². The predicted octanol–water partition coefficient (Wildman–Crippen LogP) is -4.71. The van der Waals surface area contributed by atoms with E-state index in [0.717, 1.165) is 4.90 Å². The number of carbonyl (C=O) groups is 6. The number of carboxylic acid groups (broad SMARTS) is 1. The van der Waals surface area contributed by atoms with Gasteiger partial charge < -0.3 is 99.7 Å². The fraction of sp³-hybridized carbons (Fsp3) is 0.784. The third-order valence-corrected chi connectivity index (χ3v) is 14.3. The minimum Gasteiger partial charge on any atom is -0.480 e. The van der Waals surface area contributed by atoms with Crippen LogP contribution in [0.25, 0.3) is 0 Å². The third kappa shape index (κ3) is 20.5. The van der Waals surface area contributed by atoms with Crippen LogP contribution in [0.1, 0.15) is 44.9 Å². The number of aliphatic carboxylic acids is 1. The van der Waals surface area contributed by atoms with E-state index in [-0.39, 0.29) is 60.8 Å². The largest absolute Gasteiger partial charge is 0.480 e. The molecule has 29 nitrogen and oxygen atoms in total. The molecular formula is C37H60Br2N4O25P2. The van der Waals surface area contributed by atoms with E-state index in [1.54, 1.807) is 0 Å². The van der Waals surface area contributed by atoms with Gasteiger partial charge in [0.15, 0.2) is 18.6 Å². The number of ether oxygens (including phenoxy) is 6. The molecule has 14 N–H and O–H groups in total. The van der Waals surface area contributed by atoms with Crippen LogP contribution < -0.4 is 16.0 Å². The molecule has 9 unspecified atom stereocenters. The summed E-state index contributed by atoms with van der Waals surface area (Å²) in [6.45, 7) is -1.66. The summed E-state index contributed by atoms with van der Waals surface area (Å²) >= 11 is 6.12. The maximum Gasteiger partial charge on any atom is 0.328 e. The van der Waals surface area contributed by atoms with Gasteiger partial charge in [-0.15, -0.1) is 0 Å². The smallest absolute Gasteiger partial charge is 0.328 e. The Morgan fingerprint density at radius 1 is 0.629 bits per heavy atom. The zero-order valence-electron chi connectivity index (χ0n) is 37.2. The molecule has 0 saturated carbocycles. The molecule has 3 aliphatic rings. The van der Waals surface area contributed by atoms with Crippen LogP contribution in [0.4, 0.5) is 0 Å². The lowest BCUT2D eigenvalue weighted by Gasteiger charge is -2.41. The van der Waals surface area contributed by atoms with Gasteiger partial charge in [-0.05, 0) is 57.5 Å². The molecule has 3 heterocycles. The Kier molecular flexibility index (Phi) is 26.0. The molecule has 0 radical (unpaired) electrons. The zero-order valence-corrected chi connectivity index (χ0v) is 42.1. The monoisotopic (exact) mass is 1180 g/mol. The van der Waals surface area contributed by atoms with Crippen LogP contribution in [0.5, 0.6) is 0 Å². The van der Waals surface area contributed by atoms with Gasteiger partial charge in [-0.2, -0.15) is 0 Å². The number of halogens is 2. The Bertz CT molecular complexity index is 1890. The van der Waals surface area contributed by atoms with Crippen molar-refractivity contribution in [3.63, 3.8) is 0 Å². The van der Waals surface area contributed by atoms with Crippen LogP contribution in [0.3, 0.4) is 0 Å². The fourth-order valence-electron chi connectivity index (χ4n) is 6.75. The van der Waals surface area contributed by atoms with E-state index in [2.05, 4.69) is 47.8 Å². The number of aliphatic hydroxyl groups excluding tert-OH is 6. The third-order valence-electron chi connectivity index (χ3n) is 10.6. The van der Waals surface area contributed by atoms with E-state index in [0.29, 0.717) is 19.3 Å². The Balaban J connectivity index is 1.50. The minimum absolute atomic E-state index is 0.0205. The van der Waals surface area contributed by atoms with Crippen LogP contribution in [-0.4, -0.2) is 234 Å². The van der Waals surface area contributed by atoms with Crippen LogP contribution in [0, 0.1) is 0 Å². The fourth-order valence-corrected chi connectivity index (χ4v) is 8.69. The molecule has 5 amide bonds. The van der Waals surface area contributed by atoms with E-state index in [9.17, 15) is 93.2 Å². The van der Waals surface area contributed by atoms with Crippen molar-refractivity contribution in [2.24, 2.45) is 0 Å².